The number of hydrogen-bond donors (Lipinski definition) is 1. The fourth-order valence-electron chi connectivity index (χ4n) is 2.33. The first-order valence-corrected chi connectivity index (χ1v) is 8.36. The number of carbonyl (C=O) groups excluding carboxylic acids is 1. The van der Waals surface area contributed by atoms with Crippen LogP contribution in [0, 0.1) is 6.92 Å². The molecule has 1 aliphatic heterocycles. The number of nitrogens with zero attached hydrogens (tertiary/aromatic N) is 1. The number of aromatic carboxylic acids is 1. The topological polar surface area (TPSA) is 57.6 Å². The van der Waals surface area contributed by atoms with E-state index in [0.717, 1.165) is 16.8 Å². The standard InChI is InChI=1S/C18H13NO3S2/c1-11-3-2-4-14(9-11)19-16(20)15(24-18(19)23)10-12-5-7-13(8-6-12)17(21)22/h2-10H,1H3,(H,21,22)/b15-10-. The van der Waals surface area contributed by atoms with E-state index in [0.29, 0.717) is 9.23 Å². The van der Waals surface area contributed by atoms with Gasteiger partial charge in [-0.15, -0.1) is 0 Å². The molecule has 1 fully saturated rings. The van der Waals surface area contributed by atoms with Gasteiger partial charge in [0, 0.05) is 0 Å². The van der Waals surface area contributed by atoms with Crippen molar-refractivity contribution in [2.45, 2.75) is 6.92 Å². The van der Waals surface area contributed by atoms with Gasteiger partial charge < -0.3 is 5.11 Å². The lowest BCUT2D eigenvalue weighted by atomic mass is 10.1. The molecular formula is C18H13NO3S2. The highest BCUT2D eigenvalue weighted by molar-refractivity contribution is 8.27. The molecule has 0 aliphatic carbocycles. The molecule has 6 heteroatoms. The highest BCUT2D eigenvalue weighted by Crippen LogP contribution is 2.36. The maximum Gasteiger partial charge on any atom is 0.335 e. The summed E-state index contributed by atoms with van der Waals surface area (Å²) >= 11 is 6.58. The molecule has 120 valence electrons. The van der Waals surface area contributed by atoms with Crippen molar-refractivity contribution in [3.8, 4) is 0 Å². The minimum atomic E-state index is -0.979. The number of aryl methyl sites for hydroxylation is 1. The molecule has 0 spiro atoms. The van der Waals surface area contributed by atoms with Crippen LogP contribution in [0.4, 0.5) is 5.69 Å². The number of thioether (sulfide) groups is 1. The molecule has 2 aromatic rings. The van der Waals surface area contributed by atoms with Gasteiger partial charge in [-0.1, -0.05) is 48.2 Å². The number of carboxylic acids is 1. The zero-order valence-electron chi connectivity index (χ0n) is 12.7. The summed E-state index contributed by atoms with van der Waals surface area (Å²) in [5, 5.41) is 8.92. The third-order valence-electron chi connectivity index (χ3n) is 3.51. The summed E-state index contributed by atoms with van der Waals surface area (Å²) in [6, 6.07) is 14.0. The van der Waals surface area contributed by atoms with Gasteiger partial charge in [-0.3, -0.25) is 9.69 Å². The van der Waals surface area contributed by atoms with Crippen LogP contribution < -0.4 is 4.90 Å². The van der Waals surface area contributed by atoms with Gasteiger partial charge in [0.25, 0.3) is 5.91 Å². The lowest BCUT2D eigenvalue weighted by molar-refractivity contribution is -0.113. The normalized spacial score (nSPS) is 16.0. The van der Waals surface area contributed by atoms with Gasteiger partial charge in [-0.05, 0) is 48.4 Å². The number of rotatable bonds is 3. The highest BCUT2D eigenvalue weighted by atomic mass is 32.2. The Bertz CT molecular complexity index is 872. The van der Waals surface area contributed by atoms with E-state index in [-0.39, 0.29) is 11.5 Å². The predicted molar refractivity (Wildman–Crippen MR) is 100 cm³/mol. The molecule has 0 bridgehead atoms. The first-order valence-electron chi connectivity index (χ1n) is 7.14. The Hall–Kier alpha value is -2.44. The summed E-state index contributed by atoms with van der Waals surface area (Å²) in [5.74, 6) is -1.15. The van der Waals surface area contributed by atoms with Crippen LogP contribution >= 0.6 is 24.0 Å². The molecule has 1 aliphatic rings. The van der Waals surface area contributed by atoms with Gasteiger partial charge >= 0.3 is 5.97 Å². The second-order valence-electron chi connectivity index (χ2n) is 5.28. The molecule has 0 unspecified atom stereocenters. The largest absolute Gasteiger partial charge is 0.478 e. The molecule has 1 saturated heterocycles. The van der Waals surface area contributed by atoms with Crippen LogP contribution in [0.15, 0.2) is 53.4 Å². The van der Waals surface area contributed by atoms with Crippen LogP contribution in [0.1, 0.15) is 21.5 Å². The van der Waals surface area contributed by atoms with Crippen molar-refractivity contribution in [3.05, 3.63) is 70.1 Å². The highest BCUT2D eigenvalue weighted by Gasteiger charge is 2.33. The van der Waals surface area contributed by atoms with E-state index in [1.165, 1.54) is 28.8 Å². The molecule has 0 aromatic heterocycles. The van der Waals surface area contributed by atoms with Gasteiger partial charge in [-0.2, -0.15) is 0 Å². The third kappa shape index (κ3) is 3.25. The second kappa shape index (κ2) is 6.59. The lowest BCUT2D eigenvalue weighted by Gasteiger charge is -2.14. The number of benzene rings is 2. The van der Waals surface area contributed by atoms with E-state index in [1.807, 2.05) is 31.2 Å². The maximum atomic E-state index is 12.7. The molecule has 3 rings (SSSR count). The lowest BCUT2D eigenvalue weighted by Crippen LogP contribution is -2.27. The van der Waals surface area contributed by atoms with E-state index in [4.69, 9.17) is 17.3 Å². The van der Waals surface area contributed by atoms with Crippen LogP contribution in [0.2, 0.25) is 0 Å². The smallest absolute Gasteiger partial charge is 0.335 e. The van der Waals surface area contributed by atoms with E-state index in [2.05, 4.69) is 0 Å². The van der Waals surface area contributed by atoms with Crippen LogP contribution in [-0.2, 0) is 4.79 Å². The van der Waals surface area contributed by atoms with Crippen molar-refractivity contribution in [2.75, 3.05) is 4.90 Å². The van der Waals surface area contributed by atoms with Gasteiger partial charge in [0.15, 0.2) is 4.32 Å². The monoisotopic (exact) mass is 355 g/mol. The van der Waals surface area contributed by atoms with Crippen LogP contribution in [0.25, 0.3) is 6.08 Å². The van der Waals surface area contributed by atoms with E-state index < -0.39 is 5.97 Å². The first-order chi connectivity index (χ1) is 11.5. The van der Waals surface area contributed by atoms with Crippen LogP contribution in [0.5, 0.6) is 0 Å². The minimum absolute atomic E-state index is 0.169. The van der Waals surface area contributed by atoms with Crippen molar-refractivity contribution < 1.29 is 14.7 Å². The summed E-state index contributed by atoms with van der Waals surface area (Å²) < 4.78 is 0.485. The summed E-state index contributed by atoms with van der Waals surface area (Å²) in [6.45, 7) is 1.96. The number of carbonyl (C=O) groups is 2. The van der Waals surface area contributed by atoms with Gasteiger partial charge in [0.2, 0.25) is 0 Å². The Morgan fingerprint density at radius 2 is 1.92 bits per heavy atom. The molecule has 0 atom stereocenters. The van der Waals surface area contributed by atoms with Crippen molar-refractivity contribution in [1.82, 2.24) is 0 Å². The van der Waals surface area contributed by atoms with Crippen molar-refractivity contribution >= 4 is 51.9 Å². The summed E-state index contributed by atoms with van der Waals surface area (Å²) in [6.07, 6.45) is 1.72. The van der Waals surface area contributed by atoms with Gasteiger partial charge in [0.05, 0.1) is 16.2 Å². The Kier molecular flexibility index (Phi) is 4.51. The fraction of sp³-hybridized carbons (Fsp3) is 0.0556. The van der Waals surface area contributed by atoms with Gasteiger partial charge in [0.1, 0.15) is 0 Å². The summed E-state index contributed by atoms with van der Waals surface area (Å²) in [4.78, 5) is 25.6. The zero-order chi connectivity index (χ0) is 17.3. The molecule has 0 radical (unpaired) electrons. The fourth-order valence-corrected chi connectivity index (χ4v) is 3.63. The molecule has 1 heterocycles. The molecule has 4 nitrogen and oxygen atoms in total. The second-order valence-corrected chi connectivity index (χ2v) is 6.96. The van der Waals surface area contributed by atoms with Crippen molar-refractivity contribution in [1.29, 1.82) is 0 Å². The molecular weight excluding hydrogens is 342 g/mol. The van der Waals surface area contributed by atoms with Crippen LogP contribution in [-0.4, -0.2) is 21.3 Å². The van der Waals surface area contributed by atoms with E-state index in [1.54, 1.807) is 18.2 Å². The Morgan fingerprint density at radius 1 is 1.21 bits per heavy atom. The maximum absolute atomic E-state index is 12.7. The summed E-state index contributed by atoms with van der Waals surface area (Å²) in [5.41, 5.74) is 2.76. The molecule has 1 amide bonds. The minimum Gasteiger partial charge on any atom is -0.478 e. The van der Waals surface area contributed by atoms with Crippen molar-refractivity contribution in [3.63, 3.8) is 0 Å². The molecule has 24 heavy (non-hydrogen) atoms. The Labute approximate surface area is 148 Å². The van der Waals surface area contributed by atoms with E-state index >= 15 is 0 Å². The number of amides is 1. The Morgan fingerprint density at radius 3 is 2.54 bits per heavy atom. The number of thiocarbonyl (C=S) groups is 1. The van der Waals surface area contributed by atoms with E-state index in [9.17, 15) is 9.59 Å². The van der Waals surface area contributed by atoms with Gasteiger partial charge in [-0.25, -0.2) is 4.79 Å². The third-order valence-corrected chi connectivity index (χ3v) is 4.81. The number of anilines is 1. The SMILES string of the molecule is Cc1cccc(N2C(=O)/C(=C/c3ccc(C(=O)O)cc3)SC2=S)c1. The Balaban J connectivity index is 1.89. The number of carboxylic acid groups (broad SMARTS) is 1. The van der Waals surface area contributed by atoms with Crippen LogP contribution in [0.3, 0.4) is 0 Å². The summed E-state index contributed by atoms with van der Waals surface area (Å²) in [7, 11) is 0. The average Bonchev–Trinajstić information content (AvgIpc) is 2.82. The first kappa shape index (κ1) is 16.4. The molecule has 0 saturated carbocycles. The average molecular weight is 355 g/mol. The van der Waals surface area contributed by atoms with Crippen molar-refractivity contribution in [2.24, 2.45) is 0 Å². The quantitative estimate of drug-likeness (QED) is 0.663. The molecule has 1 N–H and O–H groups in total. The zero-order valence-corrected chi connectivity index (χ0v) is 14.4. The predicted octanol–water partition coefficient (Wildman–Crippen LogP) is 4.10. The molecule has 2 aromatic carbocycles. The number of hydrogen-bond acceptors (Lipinski definition) is 4.